The Morgan fingerprint density at radius 3 is 2.50 bits per heavy atom. The molecule has 1 aromatic carbocycles. The molecule has 0 saturated carbocycles. The maximum atomic E-state index is 13.0. The van der Waals surface area contributed by atoms with Gasteiger partial charge in [0.25, 0.3) is 0 Å². The highest BCUT2D eigenvalue weighted by atomic mass is 16.6. The van der Waals surface area contributed by atoms with E-state index in [-0.39, 0.29) is 29.9 Å². The first-order valence-electron chi connectivity index (χ1n) is 8.67. The number of nitrogens with zero attached hydrogens (tertiary/aromatic N) is 1. The lowest BCUT2D eigenvalue weighted by atomic mass is 9.80. The Bertz CT molecular complexity index is 607. The van der Waals surface area contributed by atoms with Gasteiger partial charge in [-0.1, -0.05) is 42.0 Å². The van der Waals surface area contributed by atoms with Gasteiger partial charge in [-0.05, 0) is 40.5 Å². The summed E-state index contributed by atoms with van der Waals surface area (Å²) in [6.45, 7) is 8.09. The zero-order valence-corrected chi connectivity index (χ0v) is 15.0. The molecule has 2 rings (SSSR count). The van der Waals surface area contributed by atoms with E-state index in [1.54, 1.807) is 11.8 Å². The van der Waals surface area contributed by atoms with Crippen LogP contribution in [-0.2, 0) is 4.74 Å². The molecule has 2 unspecified atom stereocenters. The van der Waals surface area contributed by atoms with Crippen LogP contribution in [0.1, 0.15) is 50.9 Å². The van der Waals surface area contributed by atoms with Crippen LogP contribution in [0.4, 0.5) is 4.79 Å². The summed E-state index contributed by atoms with van der Waals surface area (Å²) in [5.41, 5.74) is 1.92. The molecule has 0 heterocycles. The van der Waals surface area contributed by atoms with E-state index in [2.05, 4.69) is 13.0 Å². The molecule has 1 aliphatic rings. The minimum Gasteiger partial charge on any atom is -0.450 e. The molecule has 0 spiro atoms. The summed E-state index contributed by atoms with van der Waals surface area (Å²) in [4.78, 5) is 27.2. The molecule has 0 aromatic heterocycles. The van der Waals surface area contributed by atoms with Crippen LogP contribution in [0.2, 0.25) is 0 Å². The molecule has 130 valence electrons. The Morgan fingerprint density at radius 2 is 1.92 bits per heavy atom. The van der Waals surface area contributed by atoms with E-state index < -0.39 is 0 Å². The quantitative estimate of drug-likeness (QED) is 0.592. The summed E-state index contributed by atoms with van der Waals surface area (Å²) in [7, 11) is 0. The highest BCUT2D eigenvalue weighted by Crippen LogP contribution is 2.31. The smallest absolute Gasteiger partial charge is 0.410 e. The van der Waals surface area contributed by atoms with Gasteiger partial charge in [0.2, 0.25) is 0 Å². The van der Waals surface area contributed by atoms with Crippen LogP contribution in [0, 0.1) is 5.92 Å². The van der Waals surface area contributed by atoms with Crippen LogP contribution in [0.3, 0.4) is 0 Å². The largest absolute Gasteiger partial charge is 0.450 e. The number of hydrogen-bond acceptors (Lipinski definition) is 3. The molecule has 1 aliphatic carbocycles. The Morgan fingerprint density at radius 1 is 1.25 bits per heavy atom. The maximum absolute atomic E-state index is 13.0. The fraction of sp³-hybridized carbons (Fsp3) is 0.500. The van der Waals surface area contributed by atoms with Gasteiger partial charge in [-0.3, -0.25) is 9.69 Å². The predicted molar refractivity (Wildman–Crippen MR) is 95.0 cm³/mol. The molecule has 2 atom stereocenters. The predicted octanol–water partition coefficient (Wildman–Crippen LogP) is 4.46. The third-order valence-corrected chi connectivity index (χ3v) is 4.47. The Balaban J connectivity index is 2.35. The Kier molecular flexibility index (Phi) is 6.18. The first-order valence-corrected chi connectivity index (χ1v) is 8.67. The lowest BCUT2D eigenvalue weighted by molar-refractivity contribution is 0.0613. The topological polar surface area (TPSA) is 46.6 Å². The van der Waals surface area contributed by atoms with Crippen molar-refractivity contribution < 1.29 is 14.3 Å². The molecule has 1 amide bonds. The molecule has 0 fully saturated rings. The standard InChI is InChI=1S/C20H27NO3/c1-5-24-20(23)21(14(2)3)18-13-15(4)11-12-17(18)19(22)16-9-7-6-8-10-16/h6-10,13-14,17-18H,5,11-12H2,1-4H3. The van der Waals surface area contributed by atoms with Gasteiger partial charge in [0.05, 0.1) is 12.6 Å². The van der Waals surface area contributed by atoms with Gasteiger partial charge in [-0.15, -0.1) is 0 Å². The zero-order chi connectivity index (χ0) is 17.7. The number of allylic oxidation sites excluding steroid dienone is 1. The molecule has 24 heavy (non-hydrogen) atoms. The van der Waals surface area contributed by atoms with E-state index >= 15 is 0 Å². The third kappa shape index (κ3) is 4.05. The summed E-state index contributed by atoms with van der Waals surface area (Å²) in [6.07, 6.45) is 3.35. The monoisotopic (exact) mass is 329 g/mol. The maximum Gasteiger partial charge on any atom is 0.410 e. The van der Waals surface area contributed by atoms with Crippen molar-refractivity contribution >= 4 is 11.9 Å². The number of benzene rings is 1. The number of carbonyl (C=O) groups excluding carboxylic acids is 2. The van der Waals surface area contributed by atoms with Crippen molar-refractivity contribution in [3.05, 3.63) is 47.5 Å². The van der Waals surface area contributed by atoms with Crippen molar-refractivity contribution in [2.45, 2.75) is 52.6 Å². The van der Waals surface area contributed by atoms with Crippen molar-refractivity contribution in [1.29, 1.82) is 0 Å². The van der Waals surface area contributed by atoms with Gasteiger partial charge in [0, 0.05) is 17.5 Å². The Hall–Kier alpha value is -2.10. The number of ether oxygens (including phenoxy) is 1. The average molecular weight is 329 g/mol. The average Bonchev–Trinajstić information content (AvgIpc) is 2.55. The molecular weight excluding hydrogens is 302 g/mol. The molecule has 0 aliphatic heterocycles. The minimum atomic E-state index is -0.352. The van der Waals surface area contributed by atoms with Gasteiger partial charge in [-0.25, -0.2) is 4.79 Å². The number of ketones is 1. The van der Waals surface area contributed by atoms with Crippen LogP contribution in [0.15, 0.2) is 42.0 Å². The SMILES string of the molecule is CCOC(=O)N(C(C)C)C1C=C(C)CCC1C(=O)c1ccccc1. The molecule has 0 bridgehead atoms. The molecule has 0 radical (unpaired) electrons. The van der Waals surface area contributed by atoms with Crippen LogP contribution < -0.4 is 0 Å². The van der Waals surface area contributed by atoms with Crippen LogP contribution in [0.25, 0.3) is 0 Å². The van der Waals surface area contributed by atoms with Crippen LogP contribution >= 0.6 is 0 Å². The number of Topliss-reactive ketones (excluding diaryl/α,β-unsaturated/α-hetero) is 1. The minimum absolute atomic E-state index is 0.0396. The van der Waals surface area contributed by atoms with Gasteiger partial charge in [-0.2, -0.15) is 0 Å². The van der Waals surface area contributed by atoms with Crippen molar-refractivity contribution in [1.82, 2.24) is 4.90 Å². The van der Waals surface area contributed by atoms with E-state index in [4.69, 9.17) is 4.74 Å². The van der Waals surface area contributed by atoms with Crippen molar-refractivity contribution in [3.8, 4) is 0 Å². The first kappa shape index (κ1) is 18.2. The van der Waals surface area contributed by atoms with Gasteiger partial charge in [0.15, 0.2) is 5.78 Å². The first-order chi connectivity index (χ1) is 11.5. The van der Waals surface area contributed by atoms with Crippen molar-refractivity contribution in [3.63, 3.8) is 0 Å². The second-order valence-electron chi connectivity index (χ2n) is 6.58. The molecule has 4 heteroatoms. The summed E-state index contributed by atoms with van der Waals surface area (Å²) in [6, 6.07) is 9.03. The summed E-state index contributed by atoms with van der Waals surface area (Å²) in [5, 5.41) is 0. The Labute approximate surface area is 144 Å². The highest BCUT2D eigenvalue weighted by Gasteiger charge is 2.38. The van der Waals surface area contributed by atoms with Gasteiger partial charge in [0.1, 0.15) is 0 Å². The highest BCUT2D eigenvalue weighted by molar-refractivity contribution is 5.98. The number of amides is 1. The third-order valence-electron chi connectivity index (χ3n) is 4.47. The fourth-order valence-corrected chi connectivity index (χ4v) is 3.30. The van der Waals surface area contributed by atoms with E-state index in [1.807, 2.05) is 44.2 Å². The van der Waals surface area contributed by atoms with E-state index in [9.17, 15) is 9.59 Å². The molecule has 4 nitrogen and oxygen atoms in total. The fourth-order valence-electron chi connectivity index (χ4n) is 3.30. The molecule has 1 aromatic rings. The lowest BCUT2D eigenvalue weighted by Crippen LogP contribution is -2.50. The lowest BCUT2D eigenvalue weighted by Gasteiger charge is -2.39. The van der Waals surface area contributed by atoms with Crippen LogP contribution in [-0.4, -0.2) is 35.5 Å². The van der Waals surface area contributed by atoms with Gasteiger partial charge < -0.3 is 4.74 Å². The normalized spacial score (nSPS) is 20.5. The number of hydrogen-bond donors (Lipinski definition) is 0. The summed E-state index contributed by atoms with van der Waals surface area (Å²) in [5.74, 6) is -0.137. The zero-order valence-electron chi connectivity index (χ0n) is 15.0. The second-order valence-corrected chi connectivity index (χ2v) is 6.58. The van der Waals surface area contributed by atoms with E-state index in [0.29, 0.717) is 12.2 Å². The van der Waals surface area contributed by atoms with Crippen molar-refractivity contribution in [2.75, 3.05) is 6.61 Å². The number of rotatable bonds is 5. The molecule has 0 N–H and O–H groups in total. The summed E-state index contributed by atoms with van der Waals surface area (Å²) >= 11 is 0. The van der Waals surface area contributed by atoms with Crippen LogP contribution in [0.5, 0.6) is 0 Å². The van der Waals surface area contributed by atoms with E-state index in [0.717, 1.165) is 12.8 Å². The number of carbonyl (C=O) groups is 2. The molecular formula is C20H27NO3. The molecule has 0 saturated heterocycles. The summed E-state index contributed by atoms with van der Waals surface area (Å²) < 4.78 is 5.23. The van der Waals surface area contributed by atoms with Crippen molar-refractivity contribution in [2.24, 2.45) is 5.92 Å². The second kappa shape index (κ2) is 8.13. The van der Waals surface area contributed by atoms with Gasteiger partial charge >= 0.3 is 6.09 Å². The van der Waals surface area contributed by atoms with E-state index in [1.165, 1.54) is 5.57 Å².